The van der Waals surface area contributed by atoms with Crippen molar-refractivity contribution < 1.29 is 14.3 Å². The normalized spacial score (nSPS) is 22.7. The van der Waals surface area contributed by atoms with E-state index in [2.05, 4.69) is 29.0 Å². The molecule has 1 aromatic rings. The summed E-state index contributed by atoms with van der Waals surface area (Å²) in [6, 6.07) is 8.00. The maximum absolute atomic E-state index is 12.6. The summed E-state index contributed by atoms with van der Waals surface area (Å²) in [7, 11) is 3.98. The van der Waals surface area contributed by atoms with E-state index in [0.717, 1.165) is 38.3 Å². The van der Waals surface area contributed by atoms with E-state index in [0.29, 0.717) is 26.4 Å². The Morgan fingerprint density at radius 2 is 1.88 bits per heavy atom. The average molecular weight is 347 g/mol. The van der Waals surface area contributed by atoms with Crippen LogP contribution in [0.5, 0.6) is 0 Å². The molecule has 0 aromatic heterocycles. The lowest BCUT2D eigenvalue weighted by atomic mass is 10.1. The number of rotatable bonds is 5. The number of carbonyl (C=O) groups excluding carboxylic acids is 1. The molecule has 2 heterocycles. The van der Waals surface area contributed by atoms with Crippen molar-refractivity contribution >= 4 is 5.91 Å². The SMILES string of the molecule is CN1CCN(Cc2ccc(C(=O)N(C)C[C@H]3COCCO3)cc2)CC1. The molecule has 1 amide bonds. The van der Waals surface area contributed by atoms with Gasteiger partial charge in [-0.05, 0) is 24.7 Å². The molecule has 0 N–H and O–H groups in total. The van der Waals surface area contributed by atoms with Crippen LogP contribution < -0.4 is 0 Å². The molecular formula is C19H29N3O3. The highest BCUT2D eigenvalue weighted by Gasteiger charge is 2.20. The number of hydrogen-bond acceptors (Lipinski definition) is 5. The molecular weight excluding hydrogens is 318 g/mol. The van der Waals surface area contributed by atoms with Crippen molar-refractivity contribution in [2.24, 2.45) is 0 Å². The molecule has 1 atom stereocenters. The van der Waals surface area contributed by atoms with Crippen LogP contribution in [-0.4, -0.2) is 93.4 Å². The van der Waals surface area contributed by atoms with Gasteiger partial charge in [0.25, 0.3) is 5.91 Å². The Hall–Kier alpha value is -1.47. The van der Waals surface area contributed by atoms with Crippen molar-refractivity contribution in [1.29, 1.82) is 0 Å². The molecule has 6 nitrogen and oxygen atoms in total. The predicted octanol–water partition coefficient (Wildman–Crippen LogP) is 0.921. The lowest BCUT2D eigenvalue weighted by Crippen LogP contribution is -2.43. The van der Waals surface area contributed by atoms with Crippen molar-refractivity contribution in [3.63, 3.8) is 0 Å². The van der Waals surface area contributed by atoms with Gasteiger partial charge in [0.1, 0.15) is 0 Å². The quantitative estimate of drug-likeness (QED) is 0.793. The van der Waals surface area contributed by atoms with Gasteiger partial charge in [-0.15, -0.1) is 0 Å². The van der Waals surface area contributed by atoms with Gasteiger partial charge in [-0.3, -0.25) is 9.69 Å². The van der Waals surface area contributed by atoms with Gasteiger partial charge in [0, 0.05) is 51.9 Å². The van der Waals surface area contributed by atoms with E-state index in [1.54, 1.807) is 4.90 Å². The number of likely N-dealkylation sites (N-methyl/N-ethyl adjacent to an activating group) is 2. The van der Waals surface area contributed by atoms with Gasteiger partial charge in [-0.1, -0.05) is 12.1 Å². The van der Waals surface area contributed by atoms with Gasteiger partial charge in [0.05, 0.1) is 25.9 Å². The highest BCUT2D eigenvalue weighted by molar-refractivity contribution is 5.94. The molecule has 6 heteroatoms. The second-order valence-corrected chi connectivity index (χ2v) is 7.03. The Labute approximate surface area is 150 Å². The first-order valence-electron chi connectivity index (χ1n) is 9.06. The van der Waals surface area contributed by atoms with Crippen LogP contribution in [0.15, 0.2) is 24.3 Å². The summed E-state index contributed by atoms with van der Waals surface area (Å²) in [4.78, 5) is 19.1. The maximum Gasteiger partial charge on any atom is 0.253 e. The van der Waals surface area contributed by atoms with Crippen molar-refractivity contribution in [2.45, 2.75) is 12.6 Å². The summed E-state index contributed by atoms with van der Waals surface area (Å²) in [6.07, 6.45) is -0.0285. The van der Waals surface area contributed by atoms with Crippen LogP contribution in [-0.2, 0) is 16.0 Å². The standard InChI is InChI=1S/C19H29N3O3/c1-20-7-9-22(10-8-20)13-16-3-5-17(6-4-16)19(23)21(2)14-18-15-24-11-12-25-18/h3-6,18H,7-15H2,1-2H3/t18-/m0/s1. The number of carbonyl (C=O) groups is 1. The number of nitrogens with zero attached hydrogens (tertiary/aromatic N) is 3. The second kappa shape index (κ2) is 8.76. The maximum atomic E-state index is 12.6. The van der Waals surface area contributed by atoms with Crippen molar-refractivity contribution in [3.05, 3.63) is 35.4 Å². The molecule has 138 valence electrons. The van der Waals surface area contributed by atoms with Gasteiger partial charge in [0.15, 0.2) is 0 Å². The number of hydrogen-bond donors (Lipinski definition) is 0. The Bertz CT molecular complexity index is 550. The minimum absolute atomic E-state index is 0.0281. The molecule has 0 unspecified atom stereocenters. The molecule has 0 saturated carbocycles. The summed E-state index contributed by atoms with van der Waals surface area (Å²) in [5.41, 5.74) is 1.98. The largest absolute Gasteiger partial charge is 0.376 e. The third-order valence-electron chi connectivity index (χ3n) is 4.91. The summed E-state index contributed by atoms with van der Waals surface area (Å²) in [6.45, 7) is 7.75. The third-order valence-corrected chi connectivity index (χ3v) is 4.91. The molecule has 3 rings (SSSR count). The summed E-state index contributed by atoms with van der Waals surface area (Å²) < 4.78 is 11.0. The van der Waals surface area contributed by atoms with Crippen LogP contribution in [0, 0.1) is 0 Å². The molecule has 2 aliphatic heterocycles. The summed E-state index contributed by atoms with van der Waals surface area (Å²) >= 11 is 0. The van der Waals surface area contributed by atoms with E-state index in [4.69, 9.17) is 9.47 Å². The summed E-state index contributed by atoms with van der Waals surface area (Å²) in [5, 5.41) is 0. The number of amides is 1. The summed E-state index contributed by atoms with van der Waals surface area (Å²) in [5.74, 6) is 0.0281. The van der Waals surface area contributed by atoms with Crippen LogP contribution in [0.25, 0.3) is 0 Å². The van der Waals surface area contributed by atoms with E-state index in [-0.39, 0.29) is 12.0 Å². The Morgan fingerprint density at radius 3 is 2.52 bits per heavy atom. The molecule has 0 spiro atoms. The first-order chi connectivity index (χ1) is 12.1. The molecule has 0 aliphatic carbocycles. The van der Waals surface area contributed by atoms with E-state index < -0.39 is 0 Å². The molecule has 0 radical (unpaired) electrons. The fourth-order valence-corrected chi connectivity index (χ4v) is 3.27. The van der Waals surface area contributed by atoms with Crippen LogP contribution in [0.1, 0.15) is 15.9 Å². The van der Waals surface area contributed by atoms with Gasteiger partial charge in [-0.25, -0.2) is 0 Å². The minimum atomic E-state index is -0.0285. The minimum Gasteiger partial charge on any atom is -0.376 e. The van der Waals surface area contributed by atoms with E-state index >= 15 is 0 Å². The lowest BCUT2D eigenvalue weighted by Gasteiger charge is -2.32. The van der Waals surface area contributed by atoms with Gasteiger partial charge in [-0.2, -0.15) is 0 Å². The van der Waals surface area contributed by atoms with Crippen molar-refractivity contribution in [3.8, 4) is 0 Å². The first-order valence-corrected chi connectivity index (χ1v) is 9.06. The van der Waals surface area contributed by atoms with E-state index in [1.807, 2.05) is 19.2 Å². The zero-order valence-electron chi connectivity index (χ0n) is 15.3. The topological polar surface area (TPSA) is 45.2 Å². The number of piperazine rings is 1. The average Bonchev–Trinajstić information content (AvgIpc) is 2.64. The number of benzene rings is 1. The molecule has 0 bridgehead atoms. The lowest BCUT2D eigenvalue weighted by molar-refractivity contribution is -0.0933. The zero-order chi connectivity index (χ0) is 17.6. The molecule has 2 saturated heterocycles. The highest BCUT2D eigenvalue weighted by Crippen LogP contribution is 2.12. The molecule has 2 aliphatic rings. The van der Waals surface area contributed by atoms with Crippen LogP contribution in [0.2, 0.25) is 0 Å². The Kier molecular flexibility index (Phi) is 6.42. The molecule has 1 aromatic carbocycles. The van der Waals surface area contributed by atoms with Crippen LogP contribution in [0.3, 0.4) is 0 Å². The van der Waals surface area contributed by atoms with E-state index in [1.165, 1.54) is 5.56 Å². The monoisotopic (exact) mass is 347 g/mol. The fourth-order valence-electron chi connectivity index (χ4n) is 3.27. The van der Waals surface area contributed by atoms with Gasteiger partial charge in [0.2, 0.25) is 0 Å². The second-order valence-electron chi connectivity index (χ2n) is 7.03. The zero-order valence-corrected chi connectivity index (χ0v) is 15.3. The van der Waals surface area contributed by atoms with Crippen molar-refractivity contribution in [2.75, 3.05) is 66.6 Å². The Balaban J connectivity index is 1.51. The van der Waals surface area contributed by atoms with E-state index in [9.17, 15) is 4.79 Å². The fraction of sp³-hybridized carbons (Fsp3) is 0.632. The third kappa shape index (κ3) is 5.25. The number of ether oxygens (including phenoxy) is 2. The van der Waals surface area contributed by atoms with Crippen LogP contribution in [0.4, 0.5) is 0 Å². The highest BCUT2D eigenvalue weighted by atomic mass is 16.6. The predicted molar refractivity (Wildman–Crippen MR) is 96.7 cm³/mol. The molecule has 25 heavy (non-hydrogen) atoms. The smallest absolute Gasteiger partial charge is 0.253 e. The molecule has 2 fully saturated rings. The van der Waals surface area contributed by atoms with Crippen molar-refractivity contribution in [1.82, 2.24) is 14.7 Å². The van der Waals surface area contributed by atoms with Crippen LogP contribution >= 0.6 is 0 Å². The first kappa shape index (κ1) is 18.3. The van der Waals surface area contributed by atoms with Gasteiger partial charge >= 0.3 is 0 Å². The Morgan fingerprint density at radius 1 is 1.16 bits per heavy atom. The van der Waals surface area contributed by atoms with Gasteiger partial charge < -0.3 is 19.3 Å².